The predicted molar refractivity (Wildman–Crippen MR) is 96.4 cm³/mol. The van der Waals surface area contributed by atoms with Gasteiger partial charge in [0.15, 0.2) is 0 Å². The Balaban J connectivity index is 2.26. The molecule has 6 nitrogen and oxygen atoms in total. The Morgan fingerprint density at radius 3 is 2.42 bits per heavy atom. The number of likely N-dealkylation sites (tertiary alicyclic amines) is 1. The van der Waals surface area contributed by atoms with Gasteiger partial charge in [-0.25, -0.2) is 4.79 Å². The number of terminal acetylenes is 1. The molecule has 26 heavy (non-hydrogen) atoms. The van der Waals surface area contributed by atoms with Gasteiger partial charge in [0.05, 0.1) is 12.6 Å². The van der Waals surface area contributed by atoms with Crippen LogP contribution in [-0.2, 0) is 20.7 Å². The highest BCUT2D eigenvalue weighted by atomic mass is 16.6. The van der Waals surface area contributed by atoms with Gasteiger partial charge >= 0.3 is 12.1 Å². The van der Waals surface area contributed by atoms with Crippen LogP contribution in [0.2, 0.25) is 0 Å². The smallest absolute Gasteiger partial charge is 0.410 e. The number of β-amino-alcohol motifs (C(OH)–C–C–N with tert-alkyl or cyclic N) is 1. The number of aliphatic hydroxyl groups excluding tert-OH is 1. The molecular formula is C20H25NO5. The van der Waals surface area contributed by atoms with Crippen LogP contribution in [0.3, 0.4) is 0 Å². The predicted octanol–water partition coefficient (Wildman–Crippen LogP) is 2.12. The molecule has 1 saturated heterocycles. The molecule has 1 heterocycles. The molecule has 1 N–H and O–H groups in total. The van der Waals surface area contributed by atoms with Crippen LogP contribution < -0.4 is 0 Å². The molecule has 140 valence electrons. The zero-order chi connectivity index (χ0) is 19.5. The van der Waals surface area contributed by atoms with Crippen molar-refractivity contribution in [2.75, 3.05) is 6.54 Å². The topological polar surface area (TPSA) is 76.1 Å². The van der Waals surface area contributed by atoms with E-state index >= 15 is 0 Å². The van der Waals surface area contributed by atoms with Crippen molar-refractivity contribution in [1.82, 2.24) is 4.90 Å². The first-order valence-corrected chi connectivity index (χ1v) is 8.51. The lowest BCUT2D eigenvalue weighted by Crippen LogP contribution is -2.45. The second kappa shape index (κ2) is 7.79. The third kappa shape index (κ3) is 4.99. The highest BCUT2D eigenvalue weighted by Gasteiger charge is 2.46. The number of benzene rings is 1. The van der Waals surface area contributed by atoms with Crippen LogP contribution in [0, 0.1) is 12.3 Å². The lowest BCUT2D eigenvalue weighted by atomic mass is 10.00. The standard InChI is InChI=1S/C20H25NO5/c1-6-14-7-9-15(10-8-14)11-16-18(25-13(2)22)17(23)12-21(16)19(24)26-20(3,4)5/h1,7-10,16-18,23H,11-12H2,2-5H3/t16-,17+,18+/m1/s1. The molecule has 1 aromatic rings. The second-order valence-corrected chi connectivity index (χ2v) is 7.39. The van der Waals surface area contributed by atoms with E-state index in [2.05, 4.69) is 5.92 Å². The fourth-order valence-electron chi connectivity index (χ4n) is 2.96. The average molecular weight is 359 g/mol. The average Bonchev–Trinajstić information content (AvgIpc) is 2.83. The summed E-state index contributed by atoms with van der Waals surface area (Å²) >= 11 is 0. The largest absolute Gasteiger partial charge is 0.457 e. The summed E-state index contributed by atoms with van der Waals surface area (Å²) in [5.74, 6) is 2.04. The van der Waals surface area contributed by atoms with Gasteiger partial charge in [-0.2, -0.15) is 0 Å². The number of ether oxygens (including phenoxy) is 2. The summed E-state index contributed by atoms with van der Waals surface area (Å²) in [5, 5.41) is 10.3. The van der Waals surface area contributed by atoms with Crippen molar-refractivity contribution in [3.05, 3.63) is 35.4 Å². The maximum Gasteiger partial charge on any atom is 0.410 e. The molecule has 1 fully saturated rings. The number of hydrogen-bond donors (Lipinski definition) is 1. The normalized spacial score (nSPS) is 22.6. The van der Waals surface area contributed by atoms with Gasteiger partial charge < -0.3 is 14.6 Å². The Kier molecular flexibility index (Phi) is 5.94. The summed E-state index contributed by atoms with van der Waals surface area (Å²) in [5.41, 5.74) is 0.995. The van der Waals surface area contributed by atoms with Crippen molar-refractivity contribution in [3.63, 3.8) is 0 Å². The minimum atomic E-state index is -0.971. The number of carbonyl (C=O) groups is 2. The molecule has 0 unspecified atom stereocenters. The van der Waals surface area contributed by atoms with Gasteiger partial charge in [0, 0.05) is 12.5 Å². The van der Waals surface area contributed by atoms with Crippen molar-refractivity contribution < 1.29 is 24.2 Å². The Hall–Kier alpha value is -2.52. The third-order valence-electron chi connectivity index (χ3n) is 4.04. The van der Waals surface area contributed by atoms with E-state index in [1.807, 2.05) is 12.1 Å². The first-order valence-electron chi connectivity index (χ1n) is 8.51. The summed E-state index contributed by atoms with van der Waals surface area (Å²) in [6, 6.07) is 6.80. The van der Waals surface area contributed by atoms with Crippen LogP contribution in [0.1, 0.15) is 38.8 Å². The number of rotatable bonds is 3. The molecule has 0 aliphatic carbocycles. The minimum Gasteiger partial charge on any atom is -0.457 e. The maximum atomic E-state index is 12.6. The summed E-state index contributed by atoms with van der Waals surface area (Å²) < 4.78 is 10.7. The van der Waals surface area contributed by atoms with Gasteiger partial charge in [-0.3, -0.25) is 9.69 Å². The van der Waals surface area contributed by atoms with Crippen LogP contribution in [-0.4, -0.2) is 52.5 Å². The molecule has 6 heteroatoms. The zero-order valence-electron chi connectivity index (χ0n) is 15.6. The molecule has 1 aliphatic heterocycles. The third-order valence-corrected chi connectivity index (χ3v) is 4.04. The zero-order valence-corrected chi connectivity index (χ0v) is 15.6. The number of esters is 1. The highest BCUT2D eigenvalue weighted by Crippen LogP contribution is 2.27. The van der Waals surface area contributed by atoms with Crippen LogP contribution in [0.4, 0.5) is 4.79 Å². The molecule has 3 atom stereocenters. The van der Waals surface area contributed by atoms with Crippen molar-refractivity contribution >= 4 is 12.1 Å². The van der Waals surface area contributed by atoms with Crippen LogP contribution in [0.25, 0.3) is 0 Å². The summed E-state index contributed by atoms with van der Waals surface area (Å²) in [7, 11) is 0. The van der Waals surface area contributed by atoms with Gasteiger partial charge in [-0.1, -0.05) is 18.1 Å². The lowest BCUT2D eigenvalue weighted by molar-refractivity contribution is -0.151. The van der Waals surface area contributed by atoms with Gasteiger partial charge in [0.25, 0.3) is 0 Å². The first kappa shape index (κ1) is 19.8. The summed E-state index contributed by atoms with van der Waals surface area (Å²) in [4.78, 5) is 25.4. The van der Waals surface area contributed by atoms with Crippen LogP contribution in [0.5, 0.6) is 0 Å². The molecular weight excluding hydrogens is 334 g/mol. The minimum absolute atomic E-state index is 0.0416. The number of aliphatic hydroxyl groups is 1. The van der Waals surface area contributed by atoms with Crippen LogP contribution in [0.15, 0.2) is 24.3 Å². The Morgan fingerprint density at radius 2 is 1.92 bits per heavy atom. The quantitative estimate of drug-likeness (QED) is 0.661. The van der Waals surface area contributed by atoms with Crippen molar-refractivity contribution in [3.8, 4) is 12.3 Å². The molecule has 0 spiro atoms. The van der Waals surface area contributed by atoms with Gasteiger partial charge in [-0.05, 0) is 44.9 Å². The maximum absolute atomic E-state index is 12.6. The Labute approximate surface area is 154 Å². The van der Waals surface area contributed by atoms with Crippen molar-refractivity contribution in [2.24, 2.45) is 0 Å². The van der Waals surface area contributed by atoms with E-state index in [4.69, 9.17) is 15.9 Å². The number of amides is 1. The fraction of sp³-hybridized carbons (Fsp3) is 0.500. The molecule has 2 rings (SSSR count). The summed E-state index contributed by atoms with van der Waals surface area (Å²) in [6.45, 7) is 6.64. The summed E-state index contributed by atoms with van der Waals surface area (Å²) in [6.07, 6.45) is 3.44. The number of carbonyl (C=O) groups excluding carboxylic acids is 2. The van der Waals surface area contributed by atoms with Crippen molar-refractivity contribution in [2.45, 2.75) is 58.0 Å². The Morgan fingerprint density at radius 1 is 1.31 bits per heavy atom. The molecule has 0 radical (unpaired) electrons. The molecule has 0 saturated carbocycles. The van der Waals surface area contributed by atoms with Crippen molar-refractivity contribution in [1.29, 1.82) is 0 Å². The molecule has 1 aromatic carbocycles. The molecule has 1 aliphatic rings. The first-order chi connectivity index (χ1) is 12.1. The molecule has 0 bridgehead atoms. The van der Waals surface area contributed by atoms with E-state index in [1.165, 1.54) is 11.8 Å². The molecule has 1 amide bonds. The lowest BCUT2D eigenvalue weighted by Gasteiger charge is -2.30. The van der Waals surface area contributed by atoms with E-state index < -0.39 is 35.9 Å². The van der Waals surface area contributed by atoms with E-state index in [0.717, 1.165) is 11.1 Å². The van der Waals surface area contributed by atoms with Gasteiger partial charge in [-0.15, -0.1) is 6.42 Å². The second-order valence-electron chi connectivity index (χ2n) is 7.39. The highest BCUT2D eigenvalue weighted by molar-refractivity contribution is 5.70. The van der Waals surface area contributed by atoms with E-state index in [9.17, 15) is 14.7 Å². The number of hydrogen-bond acceptors (Lipinski definition) is 5. The number of nitrogens with zero attached hydrogens (tertiary/aromatic N) is 1. The van der Waals surface area contributed by atoms with E-state index in [1.54, 1.807) is 32.9 Å². The Bertz CT molecular complexity index is 698. The monoisotopic (exact) mass is 359 g/mol. The van der Waals surface area contributed by atoms with E-state index in [-0.39, 0.29) is 6.54 Å². The molecule has 0 aromatic heterocycles. The van der Waals surface area contributed by atoms with Gasteiger partial charge in [0.1, 0.15) is 17.8 Å². The van der Waals surface area contributed by atoms with E-state index in [0.29, 0.717) is 6.42 Å². The van der Waals surface area contributed by atoms with Gasteiger partial charge in [0.2, 0.25) is 0 Å². The van der Waals surface area contributed by atoms with Crippen LogP contribution >= 0.6 is 0 Å². The SMILES string of the molecule is C#Cc1ccc(C[C@@H]2[C@H](OC(C)=O)[C@@H](O)CN2C(=O)OC(C)(C)C)cc1. The fourth-order valence-corrected chi connectivity index (χ4v) is 2.96.